The summed E-state index contributed by atoms with van der Waals surface area (Å²) in [4.78, 5) is 40.0. The number of phenolic OH excluding ortho intramolecular Hbond substituents is 1. The minimum Gasteiger partial charge on any atom is -0.510 e. The summed E-state index contributed by atoms with van der Waals surface area (Å²) in [5.41, 5.74) is 4.97. The number of likely N-dealkylation sites (N-methyl/N-ethyl adjacent to an activating group) is 1. The number of aromatic hydroxyl groups is 1. The highest BCUT2D eigenvalue weighted by Gasteiger charge is 2.60. The third-order valence-corrected chi connectivity index (χ3v) is 6.47. The quantitative estimate of drug-likeness (QED) is 0.333. The summed E-state index contributed by atoms with van der Waals surface area (Å²) in [6.07, 6.45) is -1.41. The maximum atomic E-state index is 13.5. The number of hydrogen-bond donors (Lipinski definition) is 5. The van der Waals surface area contributed by atoms with Crippen LogP contribution in [0.5, 0.6) is 5.75 Å². The van der Waals surface area contributed by atoms with Crippen molar-refractivity contribution in [3.8, 4) is 5.75 Å². The largest absolute Gasteiger partial charge is 0.510 e. The summed E-state index contributed by atoms with van der Waals surface area (Å²) in [7, 11) is 3.13. The molecule has 31 heavy (non-hydrogen) atoms. The molecule has 6 N–H and O–H groups in total. The molecule has 1 aromatic rings. The molecule has 5 unspecified atom stereocenters. The number of Topliss-reactive ketones (excluding diaryl/α,β-unsaturated/α-hetero) is 2. The Labute approximate surface area is 177 Å². The van der Waals surface area contributed by atoms with Gasteiger partial charge < -0.3 is 26.2 Å². The number of rotatable bonds is 2. The molecule has 3 aliphatic rings. The molecule has 162 valence electrons. The SMILES string of the molecule is C=C1c2cccc(O)c2C(O)=C2C(=O)C3C(=O)C(C(N)=O)=C(O)C(N(C)C)C3C(O)C12. The molecule has 1 amide bonds. The van der Waals surface area contributed by atoms with E-state index >= 15 is 0 Å². The molecule has 5 atom stereocenters. The molecule has 0 radical (unpaired) electrons. The third kappa shape index (κ3) is 2.60. The number of nitrogens with two attached hydrogens (primary N) is 1. The number of carbonyl (C=O) groups is 3. The van der Waals surface area contributed by atoms with Crippen LogP contribution in [0.15, 0.2) is 41.7 Å². The van der Waals surface area contributed by atoms with Gasteiger partial charge in [-0.25, -0.2) is 0 Å². The molecule has 0 spiro atoms. The van der Waals surface area contributed by atoms with Crippen LogP contribution in [0.2, 0.25) is 0 Å². The lowest BCUT2D eigenvalue weighted by atomic mass is 9.57. The van der Waals surface area contributed by atoms with Crippen LogP contribution in [0.25, 0.3) is 11.3 Å². The summed E-state index contributed by atoms with van der Waals surface area (Å²) < 4.78 is 0. The average molecular weight is 426 g/mol. The van der Waals surface area contributed by atoms with Gasteiger partial charge in [-0.1, -0.05) is 18.7 Å². The number of aliphatic hydroxyl groups is 3. The molecular formula is C22H22N2O7. The van der Waals surface area contributed by atoms with Crippen LogP contribution in [0, 0.1) is 17.8 Å². The van der Waals surface area contributed by atoms with E-state index in [1.54, 1.807) is 20.2 Å². The first-order chi connectivity index (χ1) is 14.5. The van der Waals surface area contributed by atoms with Gasteiger partial charge in [-0.05, 0) is 31.3 Å². The van der Waals surface area contributed by atoms with E-state index in [2.05, 4.69) is 6.58 Å². The van der Waals surface area contributed by atoms with Crippen molar-refractivity contribution in [2.75, 3.05) is 14.1 Å². The highest BCUT2D eigenvalue weighted by Crippen LogP contribution is 2.53. The number of aliphatic hydroxyl groups excluding tert-OH is 3. The van der Waals surface area contributed by atoms with Crippen molar-refractivity contribution in [3.05, 3.63) is 52.8 Å². The average Bonchev–Trinajstić information content (AvgIpc) is 2.67. The van der Waals surface area contributed by atoms with Crippen LogP contribution >= 0.6 is 0 Å². The molecule has 4 rings (SSSR count). The zero-order valence-electron chi connectivity index (χ0n) is 16.9. The molecule has 1 fully saturated rings. The van der Waals surface area contributed by atoms with Crippen LogP contribution < -0.4 is 5.73 Å². The Hall–Kier alpha value is -3.43. The first kappa shape index (κ1) is 20.8. The Morgan fingerprint density at radius 2 is 1.74 bits per heavy atom. The lowest BCUT2D eigenvalue weighted by Gasteiger charge is -2.49. The fourth-order valence-electron chi connectivity index (χ4n) is 5.20. The number of phenols is 1. The molecule has 1 saturated carbocycles. The van der Waals surface area contributed by atoms with Crippen molar-refractivity contribution in [1.29, 1.82) is 0 Å². The maximum Gasteiger partial charge on any atom is 0.255 e. The van der Waals surface area contributed by atoms with Gasteiger partial charge in [0.05, 0.1) is 23.6 Å². The minimum absolute atomic E-state index is 0.0151. The molecule has 0 aromatic heterocycles. The van der Waals surface area contributed by atoms with Gasteiger partial charge in [0.2, 0.25) is 0 Å². The van der Waals surface area contributed by atoms with Crippen molar-refractivity contribution in [1.82, 2.24) is 4.90 Å². The smallest absolute Gasteiger partial charge is 0.255 e. The molecular weight excluding hydrogens is 404 g/mol. The van der Waals surface area contributed by atoms with E-state index in [9.17, 15) is 34.8 Å². The van der Waals surface area contributed by atoms with Gasteiger partial charge in [0, 0.05) is 17.4 Å². The molecule has 3 aliphatic carbocycles. The summed E-state index contributed by atoms with van der Waals surface area (Å²) in [5.74, 6) is -8.19. The van der Waals surface area contributed by atoms with E-state index < -0.39 is 64.5 Å². The van der Waals surface area contributed by atoms with Crippen LogP contribution in [-0.4, -0.2) is 69.0 Å². The number of nitrogens with zero attached hydrogens (tertiary/aromatic N) is 1. The highest BCUT2D eigenvalue weighted by atomic mass is 16.3. The number of hydrogen-bond acceptors (Lipinski definition) is 8. The van der Waals surface area contributed by atoms with Crippen LogP contribution in [0.1, 0.15) is 11.1 Å². The predicted octanol–water partition coefficient (Wildman–Crippen LogP) is 0.291. The monoisotopic (exact) mass is 426 g/mol. The fraction of sp³-hybridized carbons (Fsp3) is 0.318. The molecule has 1 aromatic carbocycles. The Morgan fingerprint density at radius 3 is 2.32 bits per heavy atom. The first-order valence-corrected chi connectivity index (χ1v) is 9.61. The standard InChI is InChI=1S/C22H22N2O7/c1-7-8-5-4-6-9(25)11(8)18(27)13-10(7)17(26)12-14(19(13)28)20(29)15(22(23)31)21(30)16(12)24(2)3/h4-6,10,12,14,16-17,25-27,30H,1H2,2-3H3,(H2,23,31). The van der Waals surface area contributed by atoms with E-state index in [0.717, 1.165) is 0 Å². The predicted molar refractivity (Wildman–Crippen MR) is 110 cm³/mol. The Bertz CT molecular complexity index is 1130. The minimum atomic E-state index is -1.55. The number of fused-ring (bicyclic) bond motifs is 3. The van der Waals surface area contributed by atoms with Gasteiger partial charge in [-0.2, -0.15) is 0 Å². The zero-order valence-corrected chi connectivity index (χ0v) is 16.9. The Balaban J connectivity index is 2.00. The topological polar surface area (TPSA) is 161 Å². The maximum absolute atomic E-state index is 13.5. The molecule has 0 saturated heterocycles. The fourth-order valence-corrected chi connectivity index (χ4v) is 5.20. The molecule has 0 bridgehead atoms. The molecule has 9 heteroatoms. The van der Waals surface area contributed by atoms with E-state index in [1.165, 1.54) is 17.0 Å². The van der Waals surface area contributed by atoms with Crippen molar-refractivity contribution >= 4 is 28.8 Å². The normalized spacial score (nSPS) is 30.3. The Morgan fingerprint density at radius 1 is 1.10 bits per heavy atom. The second-order valence-corrected chi connectivity index (χ2v) is 8.27. The summed E-state index contributed by atoms with van der Waals surface area (Å²) in [6.45, 7) is 3.97. The summed E-state index contributed by atoms with van der Waals surface area (Å²) in [5, 5.41) is 43.1. The second kappa shape index (κ2) is 6.79. The van der Waals surface area contributed by atoms with Gasteiger partial charge in [0.15, 0.2) is 11.6 Å². The van der Waals surface area contributed by atoms with Gasteiger partial charge in [0.1, 0.15) is 22.8 Å². The number of ketones is 2. The molecule has 0 aliphatic heterocycles. The van der Waals surface area contributed by atoms with E-state index in [-0.39, 0.29) is 22.5 Å². The summed E-state index contributed by atoms with van der Waals surface area (Å²) in [6, 6.07) is 3.41. The Kier molecular flexibility index (Phi) is 4.56. The number of amides is 1. The lowest BCUT2D eigenvalue weighted by Crippen LogP contribution is -2.61. The number of carbonyl (C=O) groups excluding carboxylic acids is 3. The summed E-state index contributed by atoms with van der Waals surface area (Å²) >= 11 is 0. The zero-order chi connectivity index (χ0) is 22.9. The van der Waals surface area contributed by atoms with Crippen LogP contribution in [0.4, 0.5) is 0 Å². The van der Waals surface area contributed by atoms with Gasteiger partial charge >= 0.3 is 0 Å². The lowest BCUT2D eigenvalue weighted by molar-refractivity contribution is -0.142. The van der Waals surface area contributed by atoms with Gasteiger partial charge in [-0.15, -0.1) is 0 Å². The first-order valence-electron chi connectivity index (χ1n) is 9.61. The number of primary amides is 1. The van der Waals surface area contributed by atoms with E-state index in [4.69, 9.17) is 5.73 Å². The third-order valence-electron chi connectivity index (χ3n) is 6.47. The van der Waals surface area contributed by atoms with Crippen molar-refractivity contribution in [2.24, 2.45) is 23.5 Å². The van der Waals surface area contributed by atoms with Gasteiger partial charge in [0.25, 0.3) is 5.91 Å². The van der Waals surface area contributed by atoms with Crippen LogP contribution in [0.3, 0.4) is 0 Å². The number of benzene rings is 1. The van der Waals surface area contributed by atoms with Crippen molar-refractivity contribution in [2.45, 2.75) is 12.1 Å². The molecule has 0 heterocycles. The van der Waals surface area contributed by atoms with Crippen molar-refractivity contribution < 1.29 is 34.8 Å². The second-order valence-electron chi connectivity index (χ2n) is 8.27. The highest BCUT2D eigenvalue weighted by molar-refractivity contribution is 6.29. The van der Waals surface area contributed by atoms with Crippen molar-refractivity contribution in [3.63, 3.8) is 0 Å². The van der Waals surface area contributed by atoms with E-state index in [1.807, 2.05) is 0 Å². The van der Waals surface area contributed by atoms with Gasteiger partial charge in [-0.3, -0.25) is 19.3 Å². The van der Waals surface area contributed by atoms with E-state index in [0.29, 0.717) is 5.56 Å². The molecule has 9 nitrogen and oxygen atoms in total. The van der Waals surface area contributed by atoms with Crippen LogP contribution in [-0.2, 0) is 14.4 Å².